The number of nitrogens with zero attached hydrogens (tertiary/aromatic N) is 2. The van der Waals surface area contributed by atoms with Crippen molar-refractivity contribution in [1.82, 2.24) is 9.88 Å². The van der Waals surface area contributed by atoms with Gasteiger partial charge in [-0.05, 0) is 13.5 Å². The average Bonchev–Trinajstić information content (AvgIpc) is 2.73. The van der Waals surface area contributed by atoms with Gasteiger partial charge in [0.05, 0.1) is 5.01 Å². The summed E-state index contributed by atoms with van der Waals surface area (Å²) in [6.45, 7) is 0.617. The summed E-state index contributed by atoms with van der Waals surface area (Å²) in [5, 5.41) is 2.12. The Morgan fingerprint density at radius 3 is 2.72 bits per heavy atom. The van der Waals surface area contributed by atoms with E-state index >= 15 is 0 Å². The van der Waals surface area contributed by atoms with Crippen LogP contribution in [0.3, 0.4) is 0 Å². The van der Waals surface area contributed by atoms with Gasteiger partial charge in [-0.3, -0.25) is 4.79 Å². The van der Waals surface area contributed by atoms with E-state index in [9.17, 15) is 18.0 Å². The van der Waals surface area contributed by atoms with Crippen LogP contribution in [-0.2, 0) is 6.42 Å². The second-order valence-corrected chi connectivity index (χ2v) is 4.54. The van der Waals surface area contributed by atoms with E-state index < -0.39 is 18.6 Å². The van der Waals surface area contributed by atoms with Crippen molar-refractivity contribution in [2.24, 2.45) is 5.73 Å². The van der Waals surface area contributed by atoms with Crippen LogP contribution < -0.4 is 5.73 Å². The summed E-state index contributed by atoms with van der Waals surface area (Å²) in [5.74, 6) is -0.700. The third-order valence-corrected chi connectivity index (χ3v) is 3.08. The van der Waals surface area contributed by atoms with Gasteiger partial charge in [-0.1, -0.05) is 0 Å². The summed E-state index contributed by atoms with van der Waals surface area (Å²) in [5.41, 5.74) is 5.39. The van der Waals surface area contributed by atoms with E-state index in [1.54, 1.807) is 0 Å². The maximum absolute atomic E-state index is 12.3. The molecule has 0 aliphatic rings. The lowest BCUT2D eigenvalue weighted by Crippen LogP contribution is -2.38. The van der Waals surface area contributed by atoms with Crippen LogP contribution in [0.5, 0.6) is 0 Å². The molecule has 0 aliphatic carbocycles. The molecule has 0 saturated heterocycles. The standard InChI is InChI=1S/C10H14F3N3OS/c1-2-16(6-10(11,12)13)9(17)7-5-18-8(15-7)3-4-14/h5H,2-4,6,14H2,1H3. The van der Waals surface area contributed by atoms with Crippen LogP contribution in [-0.4, -0.2) is 41.6 Å². The molecule has 1 rings (SSSR count). The Kier molecular flexibility index (Phi) is 5.09. The Morgan fingerprint density at radius 1 is 1.56 bits per heavy atom. The number of rotatable bonds is 5. The number of thiazole rings is 1. The summed E-state index contributed by atoms with van der Waals surface area (Å²) in [6.07, 6.45) is -3.88. The van der Waals surface area contributed by atoms with Crippen molar-refractivity contribution in [3.63, 3.8) is 0 Å². The van der Waals surface area contributed by atoms with Crippen LogP contribution in [0.2, 0.25) is 0 Å². The molecule has 102 valence electrons. The van der Waals surface area contributed by atoms with Crippen molar-refractivity contribution in [2.45, 2.75) is 19.5 Å². The molecule has 8 heteroatoms. The summed E-state index contributed by atoms with van der Waals surface area (Å²) < 4.78 is 36.8. The molecule has 1 aromatic rings. The summed E-state index contributed by atoms with van der Waals surface area (Å²) in [6, 6.07) is 0. The molecule has 0 aromatic carbocycles. The van der Waals surface area contributed by atoms with Gasteiger partial charge in [-0.2, -0.15) is 13.2 Å². The Labute approximate surface area is 107 Å². The highest BCUT2D eigenvalue weighted by Crippen LogP contribution is 2.19. The Hall–Kier alpha value is -1.15. The highest BCUT2D eigenvalue weighted by atomic mass is 32.1. The molecule has 1 amide bonds. The first-order chi connectivity index (χ1) is 8.37. The quantitative estimate of drug-likeness (QED) is 0.893. The zero-order valence-corrected chi connectivity index (χ0v) is 10.6. The lowest BCUT2D eigenvalue weighted by molar-refractivity contribution is -0.140. The predicted molar refractivity (Wildman–Crippen MR) is 62.5 cm³/mol. The summed E-state index contributed by atoms with van der Waals surface area (Å²) in [7, 11) is 0. The maximum Gasteiger partial charge on any atom is 0.406 e. The number of halogens is 3. The van der Waals surface area contributed by atoms with Gasteiger partial charge < -0.3 is 10.6 Å². The first kappa shape index (κ1) is 14.9. The monoisotopic (exact) mass is 281 g/mol. The van der Waals surface area contributed by atoms with Crippen LogP contribution in [0.15, 0.2) is 5.38 Å². The molecule has 1 aromatic heterocycles. The van der Waals surface area contributed by atoms with E-state index in [-0.39, 0.29) is 12.2 Å². The number of hydrogen-bond donors (Lipinski definition) is 1. The first-order valence-corrected chi connectivity index (χ1v) is 6.25. The van der Waals surface area contributed by atoms with Crippen molar-refractivity contribution in [3.8, 4) is 0 Å². The van der Waals surface area contributed by atoms with Gasteiger partial charge in [-0.15, -0.1) is 11.3 Å². The molecule has 0 radical (unpaired) electrons. The molecule has 0 bridgehead atoms. The lowest BCUT2D eigenvalue weighted by atomic mass is 10.3. The van der Waals surface area contributed by atoms with E-state index in [0.29, 0.717) is 18.0 Å². The fourth-order valence-corrected chi connectivity index (χ4v) is 2.14. The topological polar surface area (TPSA) is 59.2 Å². The van der Waals surface area contributed by atoms with E-state index in [2.05, 4.69) is 4.98 Å². The Balaban J connectivity index is 2.76. The molecule has 0 aliphatic heterocycles. The Bertz CT molecular complexity index is 405. The van der Waals surface area contributed by atoms with Crippen molar-refractivity contribution in [1.29, 1.82) is 0 Å². The first-order valence-electron chi connectivity index (χ1n) is 5.38. The minimum atomic E-state index is -4.40. The molecule has 0 atom stereocenters. The van der Waals surface area contributed by atoms with Gasteiger partial charge in [0.25, 0.3) is 5.91 Å². The fourth-order valence-electron chi connectivity index (χ4n) is 1.35. The highest BCUT2D eigenvalue weighted by molar-refractivity contribution is 7.09. The van der Waals surface area contributed by atoms with Gasteiger partial charge >= 0.3 is 6.18 Å². The van der Waals surface area contributed by atoms with Crippen LogP contribution in [0, 0.1) is 0 Å². The van der Waals surface area contributed by atoms with Gasteiger partial charge in [0, 0.05) is 18.3 Å². The van der Waals surface area contributed by atoms with Crippen molar-refractivity contribution >= 4 is 17.2 Å². The molecule has 1 heterocycles. The normalized spacial score (nSPS) is 11.6. The molecule has 0 fully saturated rings. The van der Waals surface area contributed by atoms with E-state index in [0.717, 1.165) is 4.90 Å². The molecule has 4 nitrogen and oxygen atoms in total. The van der Waals surface area contributed by atoms with Gasteiger partial charge in [-0.25, -0.2) is 4.98 Å². The molecule has 0 unspecified atom stereocenters. The van der Waals surface area contributed by atoms with Gasteiger partial charge in [0.15, 0.2) is 0 Å². The van der Waals surface area contributed by atoms with Gasteiger partial charge in [0.2, 0.25) is 0 Å². The minimum Gasteiger partial charge on any atom is -0.330 e. The van der Waals surface area contributed by atoms with Crippen LogP contribution >= 0.6 is 11.3 Å². The number of alkyl halides is 3. The molecule has 18 heavy (non-hydrogen) atoms. The van der Waals surface area contributed by atoms with E-state index in [1.807, 2.05) is 0 Å². The van der Waals surface area contributed by atoms with Crippen LogP contribution in [0.25, 0.3) is 0 Å². The van der Waals surface area contributed by atoms with Gasteiger partial charge in [0.1, 0.15) is 12.2 Å². The number of carbonyl (C=O) groups excluding carboxylic acids is 1. The van der Waals surface area contributed by atoms with Crippen molar-refractivity contribution in [3.05, 3.63) is 16.1 Å². The van der Waals surface area contributed by atoms with Crippen molar-refractivity contribution in [2.75, 3.05) is 19.6 Å². The van der Waals surface area contributed by atoms with Crippen LogP contribution in [0.4, 0.5) is 13.2 Å². The number of hydrogen-bond acceptors (Lipinski definition) is 4. The third-order valence-electron chi connectivity index (χ3n) is 2.17. The highest BCUT2D eigenvalue weighted by Gasteiger charge is 2.33. The van der Waals surface area contributed by atoms with Crippen molar-refractivity contribution < 1.29 is 18.0 Å². The summed E-state index contributed by atoms with van der Waals surface area (Å²) >= 11 is 1.23. The molecular formula is C10H14F3N3OS. The molecule has 0 saturated carbocycles. The lowest BCUT2D eigenvalue weighted by Gasteiger charge is -2.21. The zero-order chi connectivity index (χ0) is 13.8. The number of nitrogens with two attached hydrogens (primary N) is 1. The second-order valence-electron chi connectivity index (χ2n) is 3.60. The maximum atomic E-state index is 12.3. The van der Waals surface area contributed by atoms with Crippen LogP contribution in [0.1, 0.15) is 22.4 Å². The predicted octanol–water partition coefficient (Wildman–Crippen LogP) is 1.67. The smallest absolute Gasteiger partial charge is 0.330 e. The third kappa shape index (κ3) is 4.26. The number of aromatic nitrogens is 1. The summed E-state index contributed by atoms with van der Waals surface area (Å²) in [4.78, 5) is 16.5. The largest absolute Gasteiger partial charge is 0.406 e. The minimum absolute atomic E-state index is 0.0118. The Morgan fingerprint density at radius 2 is 2.22 bits per heavy atom. The molecule has 0 spiro atoms. The number of carbonyl (C=O) groups is 1. The molecular weight excluding hydrogens is 267 g/mol. The van der Waals surface area contributed by atoms with E-state index in [4.69, 9.17) is 5.73 Å². The van der Waals surface area contributed by atoms with E-state index in [1.165, 1.54) is 23.6 Å². The average molecular weight is 281 g/mol. The molecule has 2 N–H and O–H groups in total. The number of amides is 1. The zero-order valence-electron chi connectivity index (χ0n) is 9.83. The fraction of sp³-hybridized carbons (Fsp3) is 0.600. The second kappa shape index (κ2) is 6.14. The SMILES string of the molecule is CCN(CC(F)(F)F)C(=O)c1csc(CCN)n1.